The van der Waals surface area contributed by atoms with Gasteiger partial charge in [-0.1, -0.05) is 53.4 Å². The maximum absolute atomic E-state index is 15.7. The Morgan fingerprint density at radius 3 is 1.52 bits per heavy atom. The van der Waals surface area contributed by atoms with Crippen molar-refractivity contribution in [3.8, 4) is 0 Å². The highest BCUT2D eigenvalue weighted by molar-refractivity contribution is 5.04. The number of hydrogen-bond acceptors (Lipinski definition) is 5. The molecule has 1 fully saturated rings. The monoisotopic (exact) mass is 452 g/mol. The van der Waals surface area contributed by atoms with E-state index in [1.54, 1.807) is 0 Å². The molecule has 1 N–H and O–H groups in total. The molecule has 0 saturated heterocycles. The minimum Gasteiger partial charge on any atom is -0.396 e. The van der Waals surface area contributed by atoms with Gasteiger partial charge in [-0.2, -0.15) is 0 Å². The number of aliphatic hydroxyl groups excluding tert-OH is 1. The van der Waals surface area contributed by atoms with Gasteiger partial charge in [0.2, 0.25) is 0 Å². The molecule has 1 rings (SSSR count). The summed E-state index contributed by atoms with van der Waals surface area (Å²) in [7, 11) is 0. The van der Waals surface area contributed by atoms with Crippen molar-refractivity contribution in [1.29, 1.82) is 0 Å². The van der Waals surface area contributed by atoms with Gasteiger partial charge in [0, 0.05) is 26.4 Å². The number of unbranched alkanes of at least 4 members (excludes halogenated alkanes) is 4. The van der Waals surface area contributed by atoms with Crippen LogP contribution in [0.25, 0.3) is 0 Å². The molecule has 5 atom stereocenters. The van der Waals surface area contributed by atoms with Gasteiger partial charge >= 0.3 is 0 Å². The summed E-state index contributed by atoms with van der Waals surface area (Å²) in [5.41, 5.74) is 0. The minimum absolute atomic E-state index is 0.115. The van der Waals surface area contributed by atoms with Gasteiger partial charge in [-0.15, -0.1) is 0 Å². The molecule has 0 aliphatic heterocycles. The Kier molecular flexibility index (Phi) is 15.1. The molecular weight excluding hydrogens is 406 g/mol. The topological polar surface area (TPSA) is 57.2 Å². The normalized spacial score (nSPS) is 28.2. The molecule has 0 bridgehead atoms. The number of hydrogen-bond donors (Lipinski definition) is 1. The molecule has 186 valence electrons. The molecule has 0 spiro atoms. The van der Waals surface area contributed by atoms with E-state index in [4.69, 9.17) is 18.9 Å². The molecule has 0 heterocycles. The van der Waals surface area contributed by atoms with Crippen LogP contribution < -0.4 is 0 Å². The summed E-state index contributed by atoms with van der Waals surface area (Å²) in [6, 6.07) is 0. The van der Waals surface area contributed by atoms with Crippen molar-refractivity contribution in [3.63, 3.8) is 0 Å². The SMILES string of the molecule is CCCCOC[C@@H]1[C@@H](OCCCC)[C@H](OCCCC)[C@@H](OCCCC)[C@H](CO)C1(F)F. The van der Waals surface area contributed by atoms with E-state index in [1.165, 1.54) is 0 Å². The summed E-state index contributed by atoms with van der Waals surface area (Å²) in [5.74, 6) is -5.71. The fourth-order valence-corrected chi connectivity index (χ4v) is 3.95. The van der Waals surface area contributed by atoms with E-state index < -0.39 is 42.7 Å². The zero-order valence-electron chi connectivity index (χ0n) is 20.1. The molecule has 0 aromatic heterocycles. The first-order chi connectivity index (χ1) is 15.0. The largest absolute Gasteiger partial charge is 0.396 e. The zero-order valence-corrected chi connectivity index (χ0v) is 20.1. The molecule has 1 aliphatic rings. The molecule has 1 saturated carbocycles. The van der Waals surface area contributed by atoms with Crippen molar-refractivity contribution < 1.29 is 32.8 Å². The Morgan fingerprint density at radius 2 is 1.06 bits per heavy atom. The van der Waals surface area contributed by atoms with Gasteiger partial charge in [0.1, 0.15) is 6.10 Å². The quantitative estimate of drug-likeness (QED) is 0.289. The van der Waals surface area contributed by atoms with Crippen molar-refractivity contribution >= 4 is 0 Å². The second kappa shape index (κ2) is 16.3. The zero-order chi connectivity index (χ0) is 23.1. The smallest absolute Gasteiger partial charge is 0.263 e. The third kappa shape index (κ3) is 8.84. The van der Waals surface area contributed by atoms with Crippen LogP contribution >= 0.6 is 0 Å². The van der Waals surface area contributed by atoms with Crippen molar-refractivity contribution in [2.75, 3.05) is 39.6 Å². The van der Waals surface area contributed by atoms with Crippen molar-refractivity contribution in [1.82, 2.24) is 0 Å². The van der Waals surface area contributed by atoms with Crippen LogP contribution in [0.1, 0.15) is 79.1 Å². The first kappa shape index (κ1) is 28.7. The maximum Gasteiger partial charge on any atom is 0.263 e. The third-order valence-corrected chi connectivity index (χ3v) is 5.99. The first-order valence-corrected chi connectivity index (χ1v) is 12.4. The van der Waals surface area contributed by atoms with Crippen LogP contribution in [-0.2, 0) is 18.9 Å². The Hall–Kier alpha value is -0.340. The molecule has 7 heteroatoms. The molecule has 0 unspecified atom stereocenters. The molecule has 1 aliphatic carbocycles. The summed E-state index contributed by atoms with van der Waals surface area (Å²) in [5, 5.41) is 9.97. The van der Waals surface area contributed by atoms with E-state index in [-0.39, 0.29) is 6.61 Å². The fourth-order valence-electron chi connectivity index (χ4n) is 3.95. The van der Waals surface area contributed by atoms with Crippen molar-refractivity contribution in [3.05, 3.63) is 0 Å². The minimum atomic E-state index is -3.18. The standard InChI is InChI=1S/C24H46F2O5/c1-5-9-13-28-18-20-22(30-15-11-7-3)23(31-16-12-8-4)21(29-14-10-6-2)19(17-27)24(20,25)26/h19-23,27H,5-18H2,1-4H3/t19-,20+,21-,22+,23+/m0/s1. The van der Waals surface area contributed by atoms with Gasteiger partial charge in [-0.3, -0.25) is 0 Å². The van der Waals surface area contributed by atoms with E-state index in [0.29, 0.717) is 26.4 Å². The average Bonchev–Trinajstić information content (AvgIpc) is 2.74. The van der Waals surface area contributed by atoms with Gasteiger partial charge in [0.15, 0.2) is 0 Å². The maximum atomic E-state index is 15.7. The highest BCUT2D eigenvalue weighted by Gasteiger charge is 2.62. The highest BCUT2D eigenvalue weighted by Crippen LogP contribution is 2.46. The number of aliphatic hydroxyl groups is 1. The Morgan fingerprint density at radius 1 is 0.645 bits per heavy atom. The van der Waals surface area contributed by atoms with Crippen LogP contribution in [0.4, 0.5) is 8.78 Å². The van der Waals surface area contributed by atoms with Crippen molar-refractivity contribution in [2.24, 2.45) is 11.8 Å². The second-order valence-corrected chi connectivity index (χ2v) is 8.57. The van der Waals surface area contributed by atoms with Crippen molar-refractivity contribution in [2.45, 2.75) is 103 Å². The lowest BCUT2D eigenvalue weighted by Gasteiger charge is -2.50. The summed E-state index contributed by atoms with van der Waals surface area (Å²) >= 11 is 0. The predicted octanol–water partition coefficient (Wildman–Crippen LogP) is 5.23. The van der Waals surface area contributed by atoms with E-state index in [1.807, 2.05) is 20.8 Å². The van der Waals surface area contributed by atoms with Crippen LogP contribution in [0, 0.1) is 11.8 Å². The Labute approximate surface area is 188 Å². The molecular formula is C24H46F2O5. The number of rotatable bonds is 18. The predicted molar refractivity (Wildman–Crippen MR) is 119 cm³/mol. The molecule has 0 radical (unpaired) electrons. The Balaban J connectivity index is 3.18. The molecule has 0 aromatic rings. The van der Waals surface area contributed by atoms with Gasteiger partial charge in [-0.05, 0) is 25.7 Å². The summed E-state index contributed by atoms with van der Waals surface area (Å²) in [6.45, 7) is 9.02. The lowest BCUT2D eigenvalue weighted by Crippen LogP contribution is -2.65. The van der Waals surface area contributed by atoms with Gasteiger partial charge < -0.3 is 24.1 Å². The van der Waals surface area contributed by atoms with Crippen LogP contribution in [-0.4, -0.2) is 69.0 Å². The first-order valence-electron chi connectivity index (χ1n) is 12.4. The lowest BCUT2D eigenvalue weighted by atomic mass is 9.72. The van der Waals surface area contributed by atoms with Gasteiger partial charge in [0.25, 0.3) is 5.92 Å². The van der Waals surface area contributed by atoms with Crippen LogP contribution in [0.2, 0.25) is 0 Å². The summed E-state index contributed by atoms with van der Waals surface area (Å²) in [6.07, 6.45) is 4.50. The molecule has 0 aromatic carbocycles. The van der Waals surface area contributed by atoms with E-state index in [0.717, 1.165) is 51.4 Å². The van der Waals surface area contributed by atoms with Crippen LogP contribution in [0.15, 0.2) is 0 Å². The molecule has 31 heavy (non-hydrogen) atoms. The van der Waals surface area contributed by atoms with E-state index >= 15 is 8.78 Å². The van der Waals surface area contributed by atoms with Gasteiger partial charge in [-0.25, -0.2) is 8.78 Å². The lowest BCUT2D eigenvalue weighted by molar-refractivity contribution is -0.287. The van der Waals surface area contributed by atoms with Gasteiger partial charge in [0.05, 0.1) is 37.3 Å². The number of alkyl halides is 2. The average molecular weight is 453 g/mol. The summed E-state index contributed by atoms with van der Waals surface area (Å²) < 4.78 is 55.1. The number of ether oxygens (including phenoxy) is 4. The number of halogens is 2. The highest BCUT2D eigenvalue weighted by atomic mass is 19.3. The van der Waals surface area contributed by atoms with E-state index in [9.17, 15) is 5.11 Å². The fraction of sp³-hybridized carbons (Fsp3) is 1.00. The molecule has 5 nitrogen and oxygen atoms in total. The second-order valence-electron chi connectivity index (χ2n) is 8.57. The summed E-state index contributed by atoms with van der Waals surface area (Å²) in [4.78, 5) is 0. The van der Waals surface area contributed by atoms with Crippen LogP contribution in [0.3, 0.4) is 0 Å². The third-order valence-electron chi connectivity index (χ3n) is 5.99. The van der Waals surface area contributed by atoms with E-state index in [2.05, 4.69) is 6.92 Å². The van der Waals surface area contributed by atoms with Crippen LogP contribution in [0.5, 0.6) is 0 Å². The molecule has 0 amide bonds. The Bertz CT molecular complexity index is 438.